The summed E-state index contributed by atoms with van der Waals surface area (Å²) in [7, 11) is 2.93. The maximum Gasteiger partial charge on any atom is 0.339 e. The van der Waals surface area contributed by atoms with Gasteiger partial charge in [-0.2, -0.15) is 0 Å². The normalized spacial score (nSPS) is 14.6. The van der Waals surface area contributed by atoms with Gasteiger partial charge in [0, 0.05) is 36.6 Å². The molecule has 3 rings (SSSR count). The molecule has 1 aliphatic carbocycles. The van der Waals surface area contributed by atoms with Crippen molar-refractivity contribution in [2.75, 3.05) is 12.4 Å². The highest BCUT2D eigenvalue weighted by Crippen LogP contribution is 2.23. The highest BCUT2D eigenvalue weighted by atomic mass is 16.5. The highest BCUT2D eigenvalue weighted by molar-refractivity contribution is 5.90. The van der Waals surface area contributed by atoms with Crippen molar-refractivity contribution >= 4 is 11.8 Å². The maximum atomic E-state index is 12.4. The number of rotatable bonds is 4. The zero-order chi connectivity index (χ0) is 17.1. The molecule has 24 heavy (non-hydrogen) atoms. The van der Waals surface area contributed by atoms with Crippen LogP contribution in [0.3, 0.4) is 0 Å². The smallest absolute Gasteiger partial charge is 0.339 e. The average molecular weight is 327 g/mol. The van der Waals surface area contributed by atoms with Crippen molar-refractivity contribution in [1.82, 2.24) is 9.55 Å². The summed E-state index contributed by atoms with van der Waals surface area (Å²) < 4.78 is 6.12. The second-order valence-corrected chi connectivity index (χ2v) is 6.11. The van der Waals surface area contributed by atoms with Gasteiger partial charge in [-0.3, -0.25) is 4.79 Å². The van der Waals surface area contributed by atoms with Crippen molar-refractivity contribution in [2.24, 2.45) is 7.05 Å². The van der Waals surface area contributed by atoms with E-state index >= 15 is 0 Å². The zero-order valence-corrected chi connectivity index (χ0v) is 13.9. The van der Waals surface area contributed by atoms with E-state index < -0.39 is 5.97 Å². The van der Waals surface area contributed by atoms with Gasteiger partial charge >= 0.3 is 5.97 Å². The Balaban J connectivity index is 1.89. The first-order valence-corrected chi connectivity index (χ1v) is 8.10. The predicted molar refractivity (Wildman–Crippen MR) is 92.1 cm³/mol. The molecule has 0 aromatic carbocycles. The summed E-state index contributed by atoms with van der Waals surface area (Å²) in [5, 5.41) is 3.42. The number of anilines is 1. The Bertz CT molecular complexity index is 790. The third-order valence-electron chi connectivity index (χ3n) is 4.39. The number of esters is 1. The minimum atomic E-state index is -0.473. The summed E-state index contributed by atoms with van der Waals surface area (Å²) in [5.41, 5.74) is 1.27. The first kappa shape index (κ1) is 16.2. The minimum absolute atomic E-state index is 0.180. The zero-order valence-electron chi connectivity index (χ0n) is 13.9. The molecule has 1 saturated carbocycles. The molecular weight excluding hydrogens is 306 g/mol. The molecule has 2 aromatic heterocycles. The summed E-state index contributed by atoms with van der Waals surface area (Å²) in [6.07, 6.45) is 7.99. The van der Waals surface area contributed by atoms with Crippen LogP contribution in [0.5, 0.6) is 0 Å². The van der Waals surface area contributed by atoms with E-state index in [4.69, 9.17) is 4.74 Å². The molecule has 6 heteroatoms. The van der Waals surface area contributed by atoms with Crippen LogP contribution in [-0.2, 0) is 11.8 Å². The van der Waals surface area contributed by atoms with E-state index in [-0.39, 0.29) is 5.56 Å². The van der Waals surface area contributed by atoms with Gasteiger partial charge in [-0.05, 0) is 31.0 Å². The van der Waals surface area contributed by atoms with Gasteiger partial charge in [-0.1, -0.05) is 12.8 Å². The minimum Gasteiger partial charge on any atom is -0.465 e. The van der Waals surface area contributed by atoms with Crippen LogP contribution in [-0.4, -0.2) is 28.7 Å². The van der Waals surface area contributed by atoms with E-state index in [0.29, 0.717) is 22.7 Å². The lowest BCUT2D eigenvalue weighted by atomic mass is 10.1. The summed E-state index contributed by atoms with van der Waals surface area (Å²) in [5.74, 6) is 0.339. The van der Waals surface area contributed by atoms with Gasteiger partial charge in [0.1, 0.15) is 5.82 Å². The van der Waals surface area contributed by atoms with Gasteiger partial charge in [0.2, 0.25) is 0 Å². The number of aryl methyl sites for hydroxylation is 1. The summed E-state index contributed by atoms with van der Waals surface area (Å²) >= 11 is 0. The van der Waals surface area contributed by atoms with Crippen molar-refractivity contribution in [3.05, 3.63) is 46.5 Å². The molecule has 1 N–H and O–H groups in total. The Kier molecular flexibility index (Phi) is 4.64. The van der Waals surface area contributed by atoms with Crippen LogP contribution in [0, 0.1) is 0 Å². The monoisotopic (exact) mass is 327 g/mol. The topological polar surface area (TPSA) is 73.2 Å². The first-order valence-electron chi connectivity index (χ1n) is 8.10. The number of methoxy groups -OCH3 is 1. The van der Waals surface area contributed by atoms with Crippen LogP contribution >= 0.6 is 0 Å². The lowest BCUT2D eigenvalue weighted by molar-refractivity contribution is 0.0600. The average Bonchev–Trinajstić information content (AvgIpc) is 3.10. The predicted octanol–water partition coefficient (Wildman–Crippen LogP) is 2.59. The SMILES string of the molecule is COC(=O)c1cc(-c2ccc(NC3CCCC3)nc2)c(=O)n(C)c1. The third-order valence-corrected chi connectivity index (χ3v) is 4.39. The standard InChI is InChI=1S/C18H21N3O3/c1-21-11-13(18(23)24-2)9-15(17(21)22)12-7-8-16(19-10-12)20-14-5-3-4-6-14/h7-11,14H,3-6H2,1-2H3,(H,19,20). The molecular formula is C18H21N3O3. The number of ether oxygens (including phenoxy) is 1. The molecule has 0 amide bonds. The lowest BCUT2D eigenvalue weighted by Crippen LogP contribution is -2.20. The fraction of sp³-hybridized carbons (Fsp3) is 0.389. The molecule has 0 radical (unpaired) electrons. The second-order valence-electron chi connectivity index (χ2n) is 6.11. The van der Waals surface area contributed by atoms with E-state index in [1.807, 2.05) is 12.1 Å². The summed E-state index contributed by atoms with van der Waals surface area (Å²) in [4.78, 5) is 28.5. The van der Waals surface area contributed by atoms with Gasteiger partial charge in [0.25, 0.3) is 5.56 Å². The van der Waals surface area contributed by atoms with Gasteiger partial charge in [-0.15, -0.1) is 0 Å². The fourth-order valence-corrected chi connectivity index (χ4v) is 3.07. The van der Waals surface area contributed by atoms with Crippen molar-refractivity contribution in [3.8, 4) is 11.1 Å². The summed E-state index contributed by atoms with van der Waals surface area (Å²) in [6.45, 7) is 0. The Morgan fingerprint density at radius 1 is 1.33 bits per heavy atom. The molecule has 1 aliphatic rings. The van der Waals surface area contributed by atoms with Crippen molar-refractivity contribution in [3.63, 3.8) is 0 Å². The number of nitrogens with zero attached hydrogens (tertiary/aromatic N) is 2. The van der Waals surface area contributed by atoms with Crippen molar-refractivity contribution in [1.29, 1.82) is 0 Å². The molecule has 2 aromatic rings. The molecule has 0 aliphatic heterocycles. The van der Waals surface area contributed by atoms with E-state index in [2.05, 4.69) is 10.3 Å². The number of pyridine rings is 2. The number of hydrogen-bond donors (Lipinski definition) is 1. The van der Waals surface area contributed by atoms with E-state index in [1.165, 1.54) is 43.6 Å². The molecule has 0 bridgehead atoms. The molecule has 0 saturated heterocycles. The van der Waals surface area contributed by atoms with Crippen molar-refractivity contribution in [2.45, 2.75) is 31.7 Å². The van der Waals surface area contributed by atoms with Gasteiger partial charge < -0.3 is 14.6 Å². The molecule has 1 fully saturated rings. The van der Waals surface area contributed by atoms with Crippen LogP contribution in [0.1, 0.15) is 36.0 Å². The van der Waals surface area contributed by atoms with Crippen molar-refractivity contribution < 1.29 is 9.53 Å². The molecule has 2 heterocycles. The number of aromatic nitrogens is 2. The Labute approximate surface area is 140 Å². The number of carbonyl (C=O) groups is 1. The van der Waals surface area contributed by atoms with Gasteiger partial charge in [0.05, 0.1) is 12.7 Å². The molecule has 0 unspecified atom stereocenters. The maximum absolute atomic E-state index is 12.4. The lowest BCUT2D eigenvalue weighted by Gasteiger charge is -2.13. The highest BCUT2D eigenvalue weighted by Gasteiger charge is 2.16. The van der Waals surface area contributed by atoms with Crippen LogP contribution < -0.4 is 10.9 Å². The molecule has 0 spiro atoms. The van der Waals surface area contributed by atoms with Crippen LogP contribution in [0.15, 0.2) is 35.4 Å². The number of carbonyl (C=O) groups excluding carboxylic acids is 1. The van der Waals surface area contributed by atoms with E-state index in [1.54, 1.807) is 19.3 Å². The Hall–Kier alpha value is -2.63. The quantitative estimate of drug-likeness (QED) is 0.874. The summed E-state index contributed by atoms with van der Waals surface area (Å²) in [6, 6.07) is 5.76. The third kappa shape index (κ3) is 3.32. The Morgan fingerprint density at radius 3 is 2.71 bits per heavy atom. The number of nitrogens with one attached hydrogen (secondary N) is 1. The molecule has 0 atom stereocenters. The van der Waals surface area contributed by atoms with Crippen LogP contribution in [0.4, 0.5) is 5.82 Å². The molecule has 6 nitrogen and oxygen atoms in total. The Morgan fingerprint density at radius 2 is 2.08 bits per heavy atom. The van der Waals surface area contributed by atoms with Gasteiger partial charge in [0.15, 0.2) is 0 Å². The fourth-order valence-electron chi connectivity index (χ4n) is 3.07. The second kappa shape index (κ2) is 6.86. The first-order chi connectivity index (χ1) is 11.6. The van der Waals surface area contributed by atoms with E-state index in [0.717, 1.165) is 5.82 Å². The largest absolute Gasteiger partial charge is 0.465 e. The van der Waals surface area contributed by atoms with Crippen LogP contribution in [0.25, 0.3) is 11.1 Å². The van der Waals surface area contributed by atoms with Gasteiger partial charge in [-0.25, -0.2) is 9.78 Å². The van der Waals surface area contributed by atoms with E-state index in [9.17, 15) is 9.59 Å². The molecule has 126 valence electrons. The number of hydrogen-bond acceptors (Lipinski definition) is 5. The van der Waals surface area contributed by atoms with Crippen LogP contribution in [0.2, 0.25) is 0 Å².